The molecule has 1 N–H and O–H groups in total. The minimum Gasteiger partial charge on any atom is -0.461 e. The highest BCUT2D eigenvalue weighted by molar-refractivity contribution is 6.35. The summed E-state index contributed by atoms with van der Waals surface area (Å²) in [5.74, 6) is -0.667. The van der Waals surface area contributed by atoms with E-state index in [-0.39, 0.29) is 18.9 Å². The second-order valence-electron chi connectivity index (χ2n) is 5.23. The zero-order valence-corrected chi connectivity index (χ0v) is 14.6. The van der Waals surface area contributed by atoms with E-state index in [2.05, 4.69) is 5.32 Å². The Labute approximate surface area is 150 Å². The molecule has 0 spiro atoms. The molecule has 0 bridgehead atoms. The molecule has 0 aliphatic heterocycles. The van der Waals surface area contributed by atoms with Gasteiger partial charge in [-0.3, -0.25) is 9.59 Å². The third kappa shape index (κ3) is 5.25. The SMILES string of the molecule is CC(=O)N[C@H](CC(=O)OCc1c(Cl)cccc1Cl)c1ccccc1. The van der Waals surface area contributed by atoms with E-state index < -0.39 is 12.0 Å². The van der Waals surface area contributed by atoms with Gasteiger partial charge in [0.2, 0.25) is 5.91 Å². The number of amides is 1. The molecule has 0 radical (unpaired) electrons. The first kappa shape index (κ1) is 18.3. The van der Waals surface area contributed by atoms with E-state index in [9.17, 15) is 9.59 Å². The van der Waals surface area contributed by atoms with Crippen molar-refractivity contribution in [3.63, 3.8) is 0 Å². The molecular weight excluding hydrogens is 349 g/mol. The minimum atomic E-state index is -0.450. The summed E-state index contributed by atoms with van der Waals surface area (Å²) >= 11 is 12.1. The summed E-state index contributed by atoms with van der Waals surface area (Å²) in [5.41, 5.74) is 1.39. The maximum absolute atomic E-state index is 12.1. The Morgan fingerprint density at radius 2 is 1.67 bits per heavy atom. The van der Waals surface area contributed by atoms with Gasteiger partial charge in [0.15, 0.2) is 0 Å². The lowest BCUT2D eigenvalue weighted by Crippen LogP contribution is -2.28. The van der Waals surface area contributed by atoms with Crippen LogP contribution in [-0.2, 0) is 20.9 Å². The average Bonchev–Trinajstić information content (AvgIpc) is 2.54. The van der Waals surface area contributed by atoms with Crippen LogP contribution in [-0.4, -0.2) is 11.9 Å². The highest BCUT2D eigenvalue weighted by Gasteiger charge is 2.18. The van der Waals surface area contributed by atoms with Crippen LogP contribution in [0.15, 0.2) is 48.5 Å². The molecule has 1 amide bonds. The molecule has 24 heavy (non-hydrogen) atoms. The topological polar surface area (TPSA) is 55.4 Å². The molecule has 0 saturated heterocycles. The maximum atomic E-state index is 12.1. The third-order valence-corrected chi connectivity index (χ3v) is 4.10. The Morgan fingerprint density at radius 1 is 1.04 bits per heavy atom. The molecule has 0 aromatic heterocycles. The first-order valence-corrected chi connectivity index (χ1v) is 8.13. The lowest BCUT2D eigenvalue weighted by Gasteiger charge is -2.18. The molecule has 0 aliphatic rings. The number of ether oxygens (including phenoxy) is 1. The number of carbonyl (C=O) groups is 2. The summed E-state index contributed by atoms with van der Waals surface area (Å²) in [4.78, 5) is 23.5. The van der Waals surface area contributed by atoms with Crippen LogP contribution < -0.4 is 5.32 Å². The molecule has 0 fully saturated rings. The molecular formula is C18H17Cl2NO3. The highest BCUT2D eigenvalue weighted by atomic mass is 35.5. The Hall–Kier alpha value is -2.04. The molecule has 1 atom stereocenters. The number of hydrogen-bond acceptors (Lipinski definition) is 3. The normalized spacial score (nSPS) is 11.6. The van der Waals surface area contributed by atoms with Crippen molar-refractivity contribution in [2.24, 2.45) is 0 Å². The molecule has 2 aromatic carbocycles. The number of carbonyl (C=O) groups excluding carboxylic acids is 2. The van der Waals surface area contributed by atoms with E-state index in [0.717, 1.165) is 5.56 Å². The van der Waals surface area contributed by atoms with Gasteiger partial charge in [0.1, 0.15) is 6.61 Å². The van der Waals surface area contributed by atoms with E-state index >= 15 is 0 Å². The number of rotatable bonds is 6. The van der Waals surface area contributed by atoms with Gasteiger partial charge in [-0.1, -0.05) is 59.6 Å². The number of hydrogen-bond donors (Lipinski definition) is 1. The number of halogens is 2. The van der Waals surface area contributed by atoms with E-state index in [1.54, 1.807) is 18.2 Å². The van der Waals surface area contributed by atoms with E-state index in [0.29, 0.717) is 15.6 Å². The molecule has 0 aliphatic carbocycles. The van der Waals surface area contributed by atoms with Crippen molar-refractivity contribution in [2.45, 2.75) is 26.0 Å². The van der Waals surface area contributed by atoms with Crippen molar-refractivity contribution in [2.75, 3.05) is 0 Å². The standard InChI is InChI=1S/C18H17Cl2NO3/c1-12(22)21-17(13-6-3-2-4-7-13)10-18(23)24-11-14-15(19)8-5-9-16(14)20/h2-9,17H,10-11H2,1H3,(H,21,22)/t17-/m1/s1. The second-order valence-corrected chi connectivity index (χ2v) is 6.04. The van der Waals surface area contributed by atoms with Crippen LogP contribution in [0.3, 0.4) is 0 Å². The molecule has 126 valence electrons. The first-order valence-electron chi connectivity index (χ1n) is 7.38. The van der Waals surface area contributed by atoms with Crippen LogP contribution >= 0.6 is 23.2 Å². The predicted octanol–water partition coefficient (Wildman–Crippen LogP) is 4.30. The molecule has 0 heterocycles. The smallest absolute Gasteiger partial charge is 0.308 e. The summed E-state index contributed by atoms with van der Waals surface area (Å²) in [6.07, 6.45) is 0.0195. The highest BCUT2D eigenvalue weighted by Crippen LogP contribution is 2.25. The van der Waals surface area contributed by atoms with Gasteiger partial charge in [0.25, 0.3) is 0 Å². The average molecular weight is 366 g/mol. The Kier molecular flexibility index (Phi) is 6.64. The summed E-state index contributed by atoms with van der Waals surface area (Å²) in [7, 11) is 0. The van der Waals surface area contributed by atoms with Gasteiger partial charge in [-0.05, 0) is 17.7 Å². The fraction of sp³-hybridized carbons (Fsp3) is 0.222. The predicted molar refractivity (Wildman–Crippen MR) is 93.9 cm³/mol. The van der Waals surface area contributed by atoms with Gasteiger partial charge in [-0.15, -0.1) is 0 Å². The fourth-order valence-electron chi connectivity index (χ4n) is 2.23. The molecule has 4 nitrogen and oxygen atoms in total. The van der Waals surface area contributed by atoms with Crippen LogP contribution in [0.4, 0.5) is 0 Å². The Balaban J connectivity index is 2.01. The van der Waals surface area contributed by atoms with Gasteiger partial charge < -0.3 is 10.1 Å². The minimum absolute atomic E-state index is 0.0150. The van der Waals surface area contributed by atoms with Crippen molar-refractivity contribution in [3.8, 4) is 0 Å². The van der Waals surface area contributed by atoms with Gasteiger partial charge in [-0.25, -0.2) is 0 Å². The van der Waals surface area contributed by atoms with Gasteiger partial charge in [0, 0.05) is 22.5 Å². The van der Waals surface area contributed by atoms with E-state index in [4.69, 9.17) is 27.9 Å². The number of benzene rings is 2. The zero-order valence-electron chi connectivity index (χ0n) is 13.1. The van der Waals surface area contributed by atoms with Gasteiger partial charge in [0.05, 0.1) is 12.5 Å². The van der Waals surface area contributed by atoms with Crippen molar-refractivity contribution in [1.82, 2.24) is 5.32 Å². The number of nitrogens with one attached hydrogen (secondary N) is 1. The van der Waals surface area contributed by atoms with Gasteiger partial charge in [-0.2, -0.15) is 0 Å². The van der Waals surface area contributed by atoms with Gasteiger partial charge >= 0.3 is 5.97 Å². The Bertz CT molecular complexity index is 699. The molecule has 0 unspecified atom stereocenters. The van der Waals surface area contributed by atoms with Crippen LogP contribution in [0.25, 0.3) is 0 Å². The fourth-order valence-corrected chi connectivity index (χ4v) is 2.74. The summed E-state index contributed by atoms with van der Waals surface area (Å²) in [6.45, 7) is 1.39. The van der Waals surface area contributed by atoms with E-state index in [1.807, 2.05) is 30.3 Å². The van der Waals surface area contributed by atoms with Crippen LogP contribution in [0.1, 0.15) is 30.5 Å². The second kappa shape index (κ2) is 8.71. The van der Waals surface area contributed by atoms with Crippen LogP contribution in [0.2, 0.25) is 10.0 Å². The summed E-state index contributed by atoms with van der Waals surface area (Å²) in [6, 6.07) is 13.9. The summed E-state index contributed by atoms with van der Waals surface area (Å²) in [5, 5.41) is 3.64. The van der Waals surface area contributed by atoms with Crippen molar-refractivity contribution >= 4 is 35.1 Å². The third-order valence-electron chi connectivity index (χ3n) is 3.39. The molecule has 2 rings (SSSR count). The number of esters is 1. The molecule has 2 aromatic rings. The van der Waals surface area contributed by atoms with E-state index in [1.165, 1.54) is 6.92 Å². The molecule has 0 saturated carbocycles. The lowest BCUT2D eigenvalue weighted by atomic mass is 10.0. The van der Waals surface area contributed by atoms with Crippen LogP contribution in [0.5, 0.6) is 0 Å². The zero-order chi connectivity index (χ0) is 17.5. The van der Waals surface area contributed by atoms with Crippen molar-refractivity contribution in [1.29, 1.82) is 0 Å². The monoisotopic (exact) mass is 365 g/mol. The largest absolute Gasteiger partial charge is 0.461 e. The van der Waals surface area contributed by atoms with Crippen molar-refractivity contribution < 1.29 is 14.3 Å². The first-order chi connectivity index (χ1) is 11.5. The Morgan fingerprint density at radius 3 is 2.25 bits per heavy atom. The lowest BCUT2D eigenvalue weighted by molar-refractivity contribution is -0.145. The molecule has 6 heteroatoms. The van der Waals surface area contributed by atoms with Crippen molar-refractivity contribution in [3.05, 3.63) is 69.7 Å². The quantitative estimate of drug-likeness (QED) is 0.776. The summed E-state index contributed by atoms with van der Waals surface area (Å²) < 4.78 is 5.26. The van der Waals surface area contributed by atoms with Crippen LogP contribution in [0, 0.1) is 0 Å². The maximum Gasteiger partial charge on any atom is 0.308 e.